The minimum Gasteiger partial charge on any atom is -0.341 e. The Hall–Kier alpha value is -3.34. The summed E-state index contributed by atoms with van der Waals surface area (Å²) in [6.07, 6.45) is 4.89. The number of fused-ring (bicyclic) bond motifs is 1. The van der Waals surface area contributed by atoms with E-state index in [4.69, 9.17) is 5.26 Å². The van der Waals surface area contributed by atoms with Crippen molar-refractivity contribution in [2.45, 2.75) is 44.7 Å². The van der Waals surface area contributed by atoms with Crippen LogP contribution in [0.15, 0.2) is 30.5 Å². The maximum atomic E-state index is 12.6. The number of nitrogens with one attached hydrogen (secondary N) is 3. The number of carbonyl (C=O) groups excluding carboxylic acids is 3. The van der Waals surface area contributed by atoms with Crippen molar-refractivity contribution in [1.29, 1.82) is 5.26 Å². The quantitative estimate of drug-likeness (QED) is 0.635. The third-order valence-corrected chi connectivity index (χ3v) is 4.62. The molecule has 8 nitrogen and oxygen atoms in total. The fourth-order valence-electron chi connectivity index (χ4n) is 2.98. The third kappa shape index (κ3) is 4.49. The van der Waals surface area contributed by atoms with Gasteiger partial charge in [-0.3, -0.25) is 14.2 Å². The topological polar surface area (TPSA) is 116 Å². The average Bonchev–Trinajstić information content (AvgIpc) is 3.40. The van der Waals surface area contributed by atoms with Gasteiger partial charge in [0.1, 0.15) is 12.6 Å². The second kappa shape index (κ2) is 8.57. The van der Waals surface area contributed by atoms with E-state index in [1.165, 1.54) is 4.57 Å². The Kier molecular flexibility index (Phi) is 5.94. The molecule has 3 N–H and O–H groups in total. The molecule has 0 radical (unpaired) electrons. The molecule has 1 aliphatic rings. The molecule has 150 valence electrons. The van der Waals surface area contributed by atoms with Crippen molar-refractivity contribution in [2.24, 2.45) is 0 Å². The molecule has 1 aromatic heterocycles. The molecule has 0 bridgehead atoms. The van der Waals surface area contributed by atoms with E-state index in [2.05, 4.69) is 16.0 Å². The largest absolute Gasteiger partial charge is 0.341 e. The standard InChI is InChI=1S/C20H23N5O3.2H2/c1-2-3-16(19(27)22-10-9-21)24-18(26)14-4-7-17-13(12-14)8-11-25(17)20(28)23-15-5-6-15;;/h4,7-8,11-12,15-16H,2-3,5-6,10H2,1H3,(H,22,27)(H,23,28)(H,24,26);2*1H. The van der Waals surface area contributed by atoms with Crippen LogP contribution in [0.1, 0.15) is 45.8 Å². The Morgan fingerprint density at radius 2 is 2.11 bits per heavy atom. The van der Waals surface area contributed by atoms with Gasteiger partial charge in [-0.2, -0.15) is 5.26 Å². The van der Waals surface area contributed by atoms with Crippen molar-refractivity contribution in [2.75, 3.05) is 6.54 Å². The summed E-state index contributed by atoms with van der Waals surface area (Å²) >= 11 is 0. The molecule has 1 saturated carbocycles. The van der Waals surface area contributed by atoms with Gasteiger partial charge in [-0.25, -0.2) is 4.79 Å². The van der Waals surface area contributed by atoms with Gasteiger partial charge in [-0.15, -0.1) is 0 Å². The first-order chi connectivity index (χ1) is 13.5. The number of amides is 3. The van der Waals surface area contributed by atoms with Gasteiger partial charge in [0.2, 0.25) is 5.91 Å². The van der Waals surface area contributed by atoms with Gasteiger partial charge in [0.15, 0.2) is 0 Å². The first-order valence-corrected chi connectivity index (χ1v) is 9.41. The molecule has 3 rings (SSSR count). The van der Waals surface area contributed by atoms with Crippen LogP contribution in [0, 0.1) is 11.3 Å². The third-order valence-electron chi connectivity index (χ3n) is 4.62. The van der Waals surface area contributed by atoms with Crippen LogP contribution in [0.25, 0.3) is 10.9 Å². The van der Waals surface area contributed by atoms with Crippen LogP contribution in [-0.2, 0) is 4.79 Å². The van der Waals surface area contributed by atoms with Gasteiger partial charge < -0.3 is 16.0 Å². The summed E-state index contributed by atoms with van der Waals surface area (Å²) in [6.45, 7) is 1.81. The average molecular weight is 385 g/mol. The molecule has 2 aromatic rings. The molecule has 28 heavy (non-hydrogen) atoms. The molecule has 3 amide bonds. The van der Waals surface area contributed by atoms with Crippen LogP contribution in [0.2, 0.25) is 0 Å². The van der Waals surface area contributed by atoms with Crippen LogP contribution in [0.4, 0.5) is 4.79 Å². The molecule has 0 aliphatic heterocycles. The van der Waals surface area contributed by atoms with Crippen molar-refractivity contribution < 1.29 is 17.2 Å². The van der Waals surface area contributed by atoms with Gasteiger partial charge in [0.25, 0.3) is 5.91 Å². The van der Waals surface area contributed by atoms with Crippen LogP contribution < -0.4 is 16.0 Å². The van der Waals surface area contributed by atoms with E-state index in [1.807, 2.05) is 13.0 Å². The van der Waals surface area contributed by atoms with Crippen LogP contribution in [0.5, 0.6) is 0 Å². The fraction of sp³-hybridized carbons (Fsp3) is 0.400. The number of rotatable bonds is 7. The molecule has 0 spiro atoms. The zero-order valence-corrected chi connectivity index (χ0v) is 15.7. The number of aromatic nitrogens is 1. The zero-order chi connectivity index (χ0) is 20.1. The fourth-order valence-corrected chi connectivity index (χ4v) is 2.98. The molecular weight excluding hydrogens is 358 g/mol. The Morgan fingerprint density at radius 1 is 1.32 bits per heavy atom. The van der Waals surface area contributed by atoms with E-state index >= 15 is 0 Å². The summed E-state index contributed by atoms with van der Waals surface area (Å²) in [6, 6.07) is 8.07. The van der Waals surface area contributed by atoms with Gasteiger partial charge in [-0.05, 0) is 43.5 Å². The molecule has 1 aromatic carbocycles. The van der Waals surface area contributed by atoms with Crippen molar-refractivity contribution >= 4 is 28.7 Å². The van der Waals surface area contributed by atoms with Crippen LogP contribution >= 0.6 is 0 Å². The van der Waals surface area contributed by atoms with Crippen molar-refractivity contribution in [1.82, 2.24) is 20.5 Å². The number of nitrogens with zero attached hydrogens (tertiary/aromatic N) is 2. The van der Waals surface area contributed by atoms with E-state index in [9.17, 15) is 14.4 Å². The predicted molar refractivity (Wildman–Crippen MR) is 108 cm³/mol. The van der Waals surface area contributed by atoms with E-state index in [0.717, 1.165) is 18.2 Å². The van der Waals surface area contributed by atoms with Crippen LogP contribution in [0.3, 0.4) is 0 Å². The van der Waals surface area contributed by atoms with Gasteiger partial charge in [0.05, 0.1) is 11.6 Å². The van der Waals surface area contributed by atoms with Gasteiger partial charge in [0, 0.05) is 26.0 Å². The Morgan fingerprint density at radius 3 is 2.79 bits per heavy atom. The first kappa shape index (κ1) is 19.4. The molecule has 1 atom stereocenters. The number of carbonyl (C=O) groups is 3. The van der Waals surface area contributed by atoms with E-state index in [-0.39, 0.29) is 33.3 Å². The lowest BCUT2D eigenvalue weighted by atomic mass is 10.1. The van der Waals surface area contributed by atoms with Gasteiger partial charge in [-0.1, -0.05) is 13.3 Å². The van der Waals surface area contributed by atoms with E-state index < -0.39 is 6.04 Å². The van der Waals surface area contributed by atoms with Crippen molar-refractivity contribution in [3.8, 4) is 6.07 Å². The minimum atomic E-state index is -0.699. The molecule has 1 unspecified atom stereocenters. The number of nitriles is 1. The van der Waals surface area contributed by atoms with Crippen molar-refractivity contribution in [3.05, 3.63) is 36.0 Å². The summed E-state index contributed by atoms with van der Waals surface area (Å²) in [5.74, 6) is -0.747. The number of hydrogen-bond donors (Lipinski definition) is 3. The highest BCUT2D eigenvalue weighted by atomic mass is 16.2. The maximum Gasteiger partial charge on any atom is 0.326 e. The lowest BCUT2D eigenvalue weighted by molar-refractivity contribution is -0.122. The minimum absolute atomic E-state index is 0. The highest BCUT2D eigenvalue weighted by Crippen LogP contribution is 2.21. The molecule has 1 aliphatic carbocycles. The molecule has 8 heteroatoms. The summed E-state index contributed by atoms with van der Waals surface area (Å²) in [7, 11) is 0. The lowest BCUT2D eigenvalue weighted by Crippen LogP contribution is -2.46. The summed E-state index contributed by atoms with van der Waals surface area (Å²) in [5.41, 5.74) is 1.12. The maximum absolute atomic E-state index is 12.6. The lowest BCUT2D eigenvalue weighted by Gasteiger charge is -2.17. The highest BCUT2D eigenvalue weighted by molar-refractivity contribution is 6.01. The summed E-state index contributed by atoms with van der Waals surface area (Å²) < 4.78 is 1.53. The second-order valence-corrected chi connectivity index (χ2v) is 6.87. The van der Waals surface area contributed by atoms with Crippen LogP contribution in [-0.4, -0.2) is 41.0 Å². The molecule has 1 heterocycles. The Balaban J connectivity index is 0.00000225. The van der Waals surface area contributed by atoms with E-state index in [0.29, 0.717) is 23.9 Å². The molecule has 0 saturated heterocycles. The summed E-state index contributed by atoms with van der Waals surface area (Å²) in [5, 5.41) is 17.5. The monoisotopic (exact) mass is 385 g/mol. The van der Waals surface area contributed by atoms with Gasteiger partial charge >= 0.3 is 6.03 Å². The zero-order valence-electron chi connectivity index (χ0n) is 15.7. The normalized spacial score (nSPS) is 14.1. The Labute approximate surface area is 165 Å². The molecule has 1 fully saturated rings. The van der Waals surface area contributed by atoms with Crippen molar-refractivity contribution in [3.63, 3.8) is 0 Å². The Bertz CT molecular complexity index is 950. The number of hydrogen-bond acceptors (Lipinski definition) is 4. The first-order valence-electron chi connectivity index (χ1n) is 9.41. The number of benzene rings is 1. The smallest absolute Gasteiger partial charge is 0.326 e. The highest BCUT2D eigenvalue weighted by Gasteiger charge is 2.24. The summed E-state index contributed by atoms with van der Waals surface area (Å²) in [4.78, 5) is 37.0. The molecular formula is C20H27N5O3. The predicted octanol–water partition coefficient (Wildman–Crippen LogP) is 2.39. The SMILES string of the molecule is CCCC(NC(=O)c1ccc2c(ccn2C(=O)NC2CC2)c1)C(=O)NCC#N.[HH].[HH]. The second-order valence-electron chi connectivity index (χ2n) is 6.87. The van der Waals surface area contributed by atoms with E-state index in [1.54, 1.807) is 30.5 Å².